The molecule has 0 aliphatic rings. The Labute approximate surface area is 162 Å². The normalized spacial score (nSPS) is 12.5. The molecular weight excluding hydrogens is 369 g/mol. The number of hydrogen-bond donors (Lipinski definition) is 2. The number of aryl methyl sites for hydroxylation is 1. The Kier molecular flexibility index (Phi) is 6.83. The third kappa shape index (κ3) is 5.84. The van der Waals surface area contributed by atoms with Crippen molar-refractivity contribution in [2.45, 2.75) is 39.5 Å². The molecule has 0 bridgehead atoms. The van der Waals surface area contributed by atoms with Crippen molar-refractivity contribution in [2.24, 2.45) is 5.92 Å². The van der Waals surface area contributed by atoms with E-state index in [0.717, 1.165) is 17.7 Å². The summed E-state index contributed by atoms with van der Waals surface area (Å²) >= 11 is 0. The molecule has 0 aromatic heterocycles. The molecule has 0 spiro atoms. The van der Waals surface area contributed by atoms with E-state index in [1.165, 1.54) is 12.1 Å². The van der Waals surface area contributed by atoms with E-state index in [1.807, 2.05) is 13.0 Å². The lowest BCUT2D eigenvalue weighted by molar-refractivity contribution is -0.137. The molecule has 0 radical (unpaired) electrons. The van der Waals surface area contributed by atoms with Crippen LogP contribution in [0.5, 0.6) is 0 Å². The smallest absolute Gasteiger partial charge is 0.350 e. The number of carbonyl (C=O) groups excluding carboxylic acids is 2. The molecule has 4 nitrogen and oxygen atoms in total. The first-order valence-corrected chi connectivity index (χ1v) is 8.89. The lowest BCUT2D eigenvalue weighted by Gasteiger charge is -2.22. The molecule has 0 saturated carbocycles. The summed E-state index contributed by atoms with van der Waals surface area (Å²) in [5.74, 6) is -0.913. The van der Waals surface area contributed by atoms with Crippen LogP contribution < -0.4 is 10.6 Å². The first-order valence-electron chi connectivity index (χ1n) is 8.89. The molecule has 0 heterocycles. The Morgan fingerprint density at radius 3 is 2.21 bits per heavy atom. The van der Waals surface area contributed by atoms with Crippen LogP contribution in [0.15, 0.2) is 48.5 Å². The fraction of sp³-hybridized carbons (Fsp3) is 0.333. The van der Waals surface area contributed by atoms with Gasteiger partial charge in [0.05, 0.1) is 5.56 Å². The van der Waals surface area contributed by atoms with Gasteiger partial charge in [-0.25, -0.2) is 0 Å². The summed E-state index contributed by atoms with van der Waals surface area (Å²) in [6.45, 7) is 5.55. The van der Waals surface area contributed by atoms with Crippen molar-refractivity contribution >= 4 is 11.8 Å². The van der Waals surface area contributed by atoms with Gasteiger partial charge in [0.15, 0.2) is 0 Å². The zero-order valence-corrected chi connectivity index (χ0v) is 15.9. The average molecular weight is 392 g/mol. The molecule has 0 aliphatic heterocycles. The van der Waals surface area contributed by atoms with Crippen LogP contribution in [0.25, 0.3) is 0 Å². The number of carbonyl (C=O) groups is 2. The number of nitrogens with one attached hydrogen (secondary N) is 2. The fourth-order valence-electron chi connectivity index (χ4n) is 2.66. The molecule has 7 heteroatoms. The Morgan fingerprint density at radius 1 is 1.04 bits per heavy atom. The topological polar surface area (TPSA) is 58.2 Å². The summed E-state index contributed by atoms with van der Waals surface area (Å²) < 4.78 is 37.8. The molecule has 2 amide bonds. The largest absolute Gasteiger partial charge is 0.416 e. The minimum Gasteiger partial charge on any atom is -0.350 e. The van der Waals surface area contributed by atoms with Crippen molar-refractivity contribution < 1.29 is 22.8 Å². The lowest BCUT2D eigenvalue weighted by Crippen LogP contribution is -2.49. The van der Waals surface area contributed by atoms with Crippen LogP contribution in [-0.4, -0.2) is 17.9 Å². The van der Waals surface area contributed by atoms with Crippen LogP contribution in [0.4, 0.5) is 13.2 Å². The first kappa shape index (κ1) is 21.5. The summed E-state index contributed by atoms with van der Waals surface area (Å²) in [5.41, 5.74) is 1.18. The zero-order chi connectivity index (χ0) is 20.9. The second kappa shape index (κ2) is 8.91. The fourth-order valence-corrected chi connectivity index (χ4v) is 2.66. The predicted molar refractivity (Wildman–Crippen MR) is 101 cm³/mol. The van der Waals surface area contributed by atoms with Gasteiger partial charge in [-0.15, -0.1) is 0 Å². The molecule has 28 heavy (non-hydrogen) atoms. The van der Waals surface area contributed by atoms with Gasteiger partial charge in [0.1, 0.15) is 6.04 Å². The van der Waals surface area contributed by atoms with Gasteiger partial charge in [-0.05, 0) is 42.7 Å². The van der Waals surface area contributed by atoms with Gasteiger partial charge in [0.25, 0.3) is 5.91 Å². The molecule has 0 saturated heterocycles. The molecule has 0 fully saturated rings. The number of alkyl halides is 3. The lowest BCUT2D eigenvalue weighted by atomic mass is 10.0. The Bertz CT molecular complexity index is 830. The van der Waals surface area contributed by atoms with Crippen LogP contribution in [-0.2, 0) is 17.5 Å². The van der Waals surface area contributed by atoms with Gasteiger partial charge in [0.2, 0.25) is 5.91 Å². The first-order chi connectivity index (χ1) is 13.1. The maximum atomic E-state index is 12.6. The third-order valence-corrected chi connectivity index (χ3v) is 4.26. The van der Waals surface area contributed by atoms with E-state index < -0.39 is 23.7 Å². The highest BCUT2D eigenvalue weighted by atomic mass is 19.4. The summed E-state index contributed by atoms with van der Waals surface area (Å²) in [4.78, 5) is 24.9. The molecule has 2 aromatic carbocycles. The van der Waals surface area contributed by atoms with Crippen LogP contribution >= 0.6 is 0 Å². The highest BCUT2D eigenvalue weighted by molar-refractivity contribution is 5.97. The number of benzene rings is 2. The zero-order valence-electron chi connectivity index (χ0n) is 15.9. The van der Waals surface area contributed by atoms with Crippen LogP contribution in [0, 0.1) is 12.8 Å². The predicted octanol–water partition coefficient (Wildman–Crippen LogP) is 4.08. The van der Waals surface area contributed by atoms with Crippen LogP contribution in [0.1, 0.15) is 40.9 Å². The van der Waals surface area contributed by atoms with E-state index in [0.29, 0.717) is 11.1 Å². The van der Waals surface area contributed by atoms with E-state index in [1.54, 1.807) is 32.0 Å². The summed E-state index contributed by atoms with van der Waals surface area (Å²) in [6, 6.07) is 10.8. The van der Waals surface area contributed by atoms with Crippen LogP contribution in [0.2, 0.25) is 0 Å². The maximum absolute atomic E-state index is 12.6. The average Bonchev–Trinajstić information content (AvgIpc) is 2.63. The summed E-state index contributed by atoms with van der Waals surface area (Å²) in [7, 11) is 0. The number of amides is 2. The van der Waals surface area contributed by atoms with Crippen LogP contribution in [0.3, 0.4) is 0 Å². The van der Waals surface area contributed by atoms with E-state index in [-0.39, 0.29) is 18.4 Å². The van der Waals surface area contributed by atoms with E-state index >= 15 is 0 Å². The number of rotatable bonds is 6. The Morgan fingerprint density at radius 2 is 1.68 bits per heavy atom. The van der Waals surface area contributed by atoms with E-state index in [9.17, 15) is 22.8 Å². The van der Waals surface area contributed by atoms with Gasteiger partial charge in [-0.3, -0.25) is 9.59 Å². The van der Waals surface area contributed by atoms with Crippen molar-refractivity contribution in [3.05, 3.63) is 70.8 Å². The highest BCUT2D eigenvalue weighted by Crippen LogP contribution is 2.29. The molecule has 150 valence electrons. The maximum Gasteiger partial charge on any atom is 0.416 e. The Hall–Kier alpha value is -2.83. The van der Waals surface area contributed by atoms with Gasteiger partial charge in [-0.2, -0.15) is 13.2 Å². The number of halogens is 3. The van der Waals surface area contributed by atoms with Gasteiger partial charge in [-0.1, -0.05) is 43.7 Å². The van der Waals surface area contributed by atoms with Crippen molar-refractivity contribution in [1.29, 1.82) is 0 Å². The SMILES string of the molecule is Cc1cccc(C(=O)N[C@H](C(=O)NCc2ccc(C(F)(F)F)cc2)C(C)C)c1. The molecule has 2 N–H and O–H groups in total. The second-order valence-electron chi connectivity index (χ2n) is 6.98. The van der Waals surface area contributed by atoms with Gasteiger partial charge in [0, 0.05) is 12.1 Å². The monoisotopic (exact) mass is 392 g/mol. The molecular formula is C21H23F3N2O2. The molecule has 0 aliphatic carbocycles. The number of hydrogen-bond acceptors (Lipinski definition) is 2. The summed E-state index contributed by atoms with van der Waals surface area (Å²) in [5, 5.41) is 5.40. The third-order valence-electron chi connectivity index (χ3n) is 4.26. The highest BCUT2D eigenvalue weighted by Gasteiger charge is 2.30. The minimum absolute atomic E-state index is 0.0699. The molecule has 0 unspecified atom stereocenters. The summed E-state index contributed by atoms with van der Waals surface area (Å²) in [6.07, 6.45) is -4.40. The molecule has 1 atom stereocenters. The van der Waals surface area contributed by atoms with Crippen molar-refractivity contribution in [1.82, 2.24) is 10.6 Å². The Balaban J connectivity index is 2.00. The molecule has 2 aromatic rings. The second-order valence-corrected chi connectivity index (χ2v) is 6.98. The van der Waals surface area contributed by atoms with E-state index in [2.05, 4.69) is 10.6 Å². The van der Waals surface area contributed by atoms with Gasteiger partial charge >= 0.3 is 6.18 Å². The van der Waals surface area contributed by atoms with Crippen molar-refractivity contribution in [3.8, 4) is 0 Å². The van der Waals surface area contributed by atoms with Crippen molar-refractivity contribution in [3.63, 3.8) is 0 Å². The van der Waals surface area contributed by atoms with E-state index in [4.69, 9.17) is 0 Å². The van der Waals surface area contributed by atoms with Gasteiger partial charge < -0.3 is 10.6 Å². The standard InChI is InChI=1S/C21H23F3N2O2/c1-13(2)18(26-19(27)16-6-4-5-14(3)11-16)20(28)25-12-15-7-9-17(10-8-15)21(22,23)24/h4-11,13,18H,12H2,1-3H3,(H,25,28)(H,26,27)/t18-/m0/s1. The minimum atomic E-state index is -4.40. The molecule has 2 rings (SSSR count). The van der Waals surface area contributed by atoms with Crippen molar-refractivity contribution in [2.75, 3.05) is 0 Å². The quantitative estimate of drug-likeness (QED) is 0.778.